The summed E-state index contributed by atoms with van der Waals surface area (Å²) in [5.74, 6) is -1.17. The number of phenolic OH excluding ortho intramolecular Hbond substituents is 1. The largest absolute Gasteiger partial charge is 1.00 e. The van der Waals surface area contributed by atoms with Crippen LogP contribution in [0.15, 0.2) is 85.7 Å². The summed E-state index contributed by atoms with van der Waals surface area (Å²) in [6, 6.07) is 13.9. The molecule has 7 N–H and O–H groups in total. The van der Waals surface area contributed by atoms with Gasteiger partial charge in [0.15, 0.2) is 16.8 Å². The van der Waals surface area contributed by atoms with Gasteiger partial charge in [0.25, 0.3) is 21.2 Å². The molecule has 1 aliphatic carbocycles. The molecular weight excluding hydrogens is 869 g/mol. The van der Waals surface area contributed by atoms with Gasteiger partial charge in [-0.1, -0.05) is 6.07 Å². The maximum Gasteiger partial charge on any atom is 1.00 e. The fraction of sp³-hybridized carbons (Fsp3) is 0.265. The maximum atomic E-state index is 12.5. The number of anilines is 1. The number of nitrogens with one attached hydrogen (secondary N) is 3. The third kappa shape index (κ3) is 11.4. The number of ether oxygens (including phenoxy) is 2. The molecular formula is C34H32N4NaO18P2S-. The van der Waals surface area contributed by atoms with Crippen molar-refractivity contribution in [3.63, 3.8) is 0 Å². The molecule has 0 radical (unpaired) electrons. The van der Waals surface area contributed by atoms with E-state index in [1.807, 2.05) is 4.98 Å². The number of carboxylic acids is 1. The molecule has 0 bridgehead atoms. The first-order valence-electron chi connectivity index (χ1n) is 17.1. The van der Waals surface area contributed by atoms with E-state index in [-0.39, 0.29) is 82.5 Å². The van der Waals surface area contributed by atoms with Crippen LogP contribution < -0.4 is 66.7 Å². The zero-order chi connectivity index (χ0) is 42.6. The van der Waals surface area contributed by atoms with Crippen molar-refractivity contribution in [2.75, 3.05) is 38.3 Å². The number of phenols is 1. The van der Waals surface area contributed by atoms with Crippen LogP contribution in [0.1, 0.15) is 16.6 Å². The molecule has 314 valence electrons. The molecule has 60 heavy (non-hydrogen) atoms. The van der Waals surface area contributed by atoms with Crippen molar-refractivity contribution in [2.45, 2.75) is 24.5 Å². The smallest absolute Gasteiger partial charge is 0.756 e. The van der Waals surface area contributed by atoms with Gasteiger partial charge in [-0.2, -0.15) is 0 Å². The average Bonchev–Trinajstić information content (AvgIpc) is 3.44. The number of fused-ring (bicyclic) bond motifs is 2. The molecule has 0 amide bonds. The number of aliphatic hydroxyl groups excluding tert-OH is 2. The first kappa shape index (κ1) is 46.9. The number of phosphoric acid groups is 2. The summed E-state index contributed by atoms with van der Waals surface area (Å²) >= 11 is 5.29. The number of phosphoric ester groups is 2. The number of benzene rings is 3. The molecule has 0 saturated carbocycles. The Morgan fingerprint density at radius 1 is 0.933 bits per heavy atom. The first-order valence-corrected chi connectivity index (χ1v) is 20.4. The molecule has 2 aromatic carbocycles. The van der Waals surface area contributed by atoms with E-state index in [0.717, 1.165) is 16.8 Å². The Bertz CT molecular complexity index is 2640. The number of thiocarbonyl (C=S) groups is 1. The number of aromatic amines is 1. The van der Waals surface area contributed by atoms with Gasteiger partial charge in [-0.05, 0) is 54.2 Å². The number of carbonyl (C=O) groups is 1. The number of aliphatic hydroxyl groups is 2. The van der Waals surface area contributed by atoms with Crippen LogP contribution in [0, 0.1) is 0 Å². The van der Waals surface area contributed by atoms with E-state index in [0.29, 0.717) is 27.8 Å². The number of H-pyrrole nitrogens is 1. The molecule has 2 aliphatic heterocycles. The molecule has 22 nitrogen and oxygen atoms in total. The Balaban J connectivity index is 0.00000683. The van der Waals surface area contributed by atoms with Crippen LogP contribution in [-0.2, 0) is 32.0 Å². The van der Waals surface area contributed by atoms with E-state index >= 15 is 0 Å². The second-order valence-electron chi connectivity index (χ2n) is 12.5. The van der Waals surface area contributed by atoms with Crippen LogP contribution in [0.3, 0.4) is 0 Å². The van der Waals surface area contributed by atoms with E-state index in [9.17, 15) is 58.5 Å². The van der Waals surface area contributed by atoms with Crippen LogP contribution in [0.25, 0.3) is 33.4 Å². The van der Waals surface area contributed by atoms with Gasteiger partial charge in [0.1, 0.15) is 35.4 Å². The number of aromatic hydroxyl groups is 1. The summed E-state index contributed by atoms with van der Waals surface area (Å²) in [6.07, 6.45) is -5.72. The molecule has 6 atom stereocenters. The van der Waals surface area contributed by atoms with Gasteiger partial charge in [0, 0.05) is 53.1 Å². The third-order valence-electron chi connectivity index (χ3n) is 8.52. The molecule has 6 unspecified atom stereocenters. The van der Waals surface area contributed by atoms with Crippen LogP contribution in [0.5, 0.6) is 5.75 Å². The first-order chi connectivity index (χ1) is 27.9. The summed E-state index contributed by atoms with van der Waals surface area (Å²) in [6.45, 7) is -2.06. The van der Waals surface area contributed by atoms with Crippen LogP contribution in [-0.4, -0.2) is 92.3 Å². The minimum Gasteiger partial charge on any atom is -0.756 e. The van der Waals surface area contributed by atoms with Crippen molar-refractivity contribution in [3.05, 3.63) is 103 Å². The number of hydrogen-bond donors (Lipinski definition) is 7. The quantitative estimate of drug-likeness (QED) is 0.0176. The molecule has 3 aliphatic rings. The summed E-state index contributed by atoms with van der Waals surface area (Å²) < 4.78 is 54.4. The summed E-state index contributed by atoms with van der Waals surface area (Å²) in [5.41, 5.74) is -0.446. The maximum absolute atomic E-state index is 12.5. The summed E-state index contributed by atoms with van der Waals surface area (Å²) in [5, 5.41) is 46.9. The van der Waals surface area contributed by atoms with Crippen molar-refractivity contribution in [1.29, 1.82) is 0 Å². The van der Waals surface area contributed by atoms with Crippen molar-refractivity contribution in [3.8, 4) is 28.2 Å². The fourth-order valence-electron chi connectivity index (χ4n) is 5.95. The van der Waals surface area contributed by atoms with Crippen molar-refractivity contribution in [2.24, 2.45) is 0 Å². The number of rotatable bonds is 16. The summed E-state index contributed by atoms with van der Waals surface area (Å²) in [7, 11) is -11.2. The Morgan fingerprint density at radius 3 is 2.40 bits per heavy atom. The number of hydrogen-bond acceptors (Lipinski definition) is 18. The van der Waals surface area contributed by atoms with Crippen molar-refractivity contribution < 1.29 is 101 Å². The Kier molecular flexibility index (Phi) is 15.4. The molecule has 6 rings (SSSR count). The van der Waals surface area contributed by atoms with Gasteiger partial charge < -0.3 is 63.8 Å². The van der Waals surface area contributed by atoms with E-state index in [1.165, 1.54) is 36.4 Å². The van der Waals surface area contributed by atoms with Crippen LogP contribution in [0.4, 0.5) is 5.69 Å². The van der Waals surface area contributed by atoms with Crippen LogP contribution >= 0.6 is 27.9 Å². The Labute approximate surface area is 364 Å². The van der Waals surface area contributed by atoms with Gasteiger partial charge in [-0.15, -0.1) is 0 Å². The van der Waals surface area contributed by atoms with Gasteiger partial charge in [0.2, 0.25) is 0 Å². The Hall–Kier alpha value is -4.13. The topological polar surface area (TPSA) is 334 Å². The van der Waals surface area contributed by atoms with E-state index in [2.05, 4.69) is 24.0 Å². The van der Waals surface area contributed by atoms with Gasteiger partial charge in [-0.25, -0.2) is 13.9 Å². The van der Waals surface area contributed by atoms with Crippen molar-refractivity contribution in [1.82, 2.24) is 14.9 Å². The van der Waals surface area contributed by atoms with Crippen molar-refractivity contribution >= 4 is 55.6 Å². The number of aromatic carboxylic acids is 1. The van der Waals surface area contributed by atoms with Crippen LogP contribution in [0.2, 0.25) is 0 Å². The number of carboxylic acid groups (broad SMARTS) is 1. The molecule has 1 fully saturated rings. The molecule has 26 heteroatoms. The number of aromatic nitrogens is 2. The molecule has 3 heterocycles. The predicted molar refractivity (Wildman–Crippen MR) is 204 cm³/mol. The fourth-order valence-corrected chi connectivity index (χ4v) is 8.15. The van der Waals surface area contributed by atoms with Gasteiger partial charge in [-0.3, -0.25) is 28.3 Å². The van der Waals surface area contributed by atoms with E-state index < -0.39 is 70.6 Å². The third-order valence-corrected chi connectivity index (χ3v) is 11.3. The second-order valence-corrected chi connectivity index (χ2v) is 15.9. The standard InChI is InChI=1S/C34H34N4O18P2S.Na/c39-18-2-5-21-24(14-18)54-25-15-19(40)3-6-22(25)28(21)20-4-1-17(13-23(20)32(44)45)36-33(59)35-8-10-51-11-12-52-57(47,48)56-58(49,50)53-16-26-29(42)30(43)31(55-26)38-9-7-27(41)37-34(38)46;/h1-7,9,13-15,26,29-31,39,42-43H,8,10-12,16H2,(H,44,45)(H,47,48)(H,49,50)(H2,35,36,59)(H,37,41,46);/q;+1/p-2. The molecule has 1 aromatic heterocycles. The van der Waals surface area contributed by atoms with E-state index in [4.69, 9.17) is 26.1 Å². The van der Waals surface area contributed by atoms with E-state index in [1.54, 1.807) is 18.2 Å². The Morgan fingerprint density at radius 2 is 1.67 bits per heavy atom. The zero-order valence-corrected chi connectivity index (χ0v) is 35.6. The predicted octanol–water partition coefficient (Wildman–Crippen LogP) is -2.57. The molecule has 1 saturated heterocycles. The van der Waals surface area contributed by atoms with Gasteiger partial charge in [0.05, 0.1) is 32.0 Å². The molecule has 3 aromatic rings. The SMILES string of the molecule is O=C(O)c1cc(NC(=S)NCCOCCOP(=O)([O-])OP(=O)([O-])OCC2OC(n3ccc(=O)[nH]c3=O)C(O)C2O)ccc1-c1c2ccc(=O)cc-2oc2cc(O)ccc12.[Na+]. The minimum absolute atomic E-state index is 0. The average molecular weight is 902 g/mol. The summed E-state index contributed by atoms with van der Waals surface area (Å²) in [4.78, 5) is 74.0. The minimum atomic E-state index is -5.64. The normalized spacial score (nSPS) is 19.6. The van der Waals surface area contributed by atoms with Gasteiger partial charge >= 0.3 is 41.2 Å². The molecule has 0 spiro atoms. The number of nitrogens with zero attached hydrogens (tertiary/aromatic N) is 1. The monoisotopic (exact) mass is 901 g/mol. The zero-order valence-electron chi connectivity index (χ0n) is 31.0. The second kappa shape index (κ2) is 19.7.